The third kappa shape index (κ3) is 6.15. The van der Waals surface area contributed by atoms with E-state index in [-0.39, 0.29) is 11.7 Å². The highest BCUT2D eigenvalue weighted by Gasteiger charge is 2.21. The molecular formula is C24H27FN2O2. The third-order valence-electron chi connectivity index (χ3n) is 4.85. The van der Waals surface area contributed by atoms with Gasteiger partial charge in [0.1, 0.15) is 11.4 Å². The normalized spacial score (nSPS) is 15.4. The SMILES string of the molecule is CC(C)(O)C#Cc1cccc(C(=O)N2CCCN(Cc3ccccc3F)CC2)c1. The van der Waals surface area contributed by atoms with E-state index >= 15 is 0 Å². The standard InChI is InChI=1S/C24H27FN2O2/c1-24(2,29)12-11-19-7-5-9-20(17-19)23(28)27-14-6-13-26(15-16-27)18-21-8-3-4-10-22(21)25/h3-5,7-10,17,29H,6,13-16,18H2,1-2H3. The van der Waals surface area contributed by atoms with Crippen LogP contribution in [-0.2, 0) is 6.54 Å². The van der Waals surface area contributed by atoms with E-state index in [1.807, 2.05) is 29.2 Å². The Hall–Kier alpha value is -2.68. The fraction of sp³-hybridized carbons (Fsp3) is 0.375. The zero-order valence-corrected chi connectivity index (χ0v) is 17.0. The third-order valence-corrected chi connectivity index (χ3v) is 4.85. The molecule has 3 rings (SSSR count). The predicted octanol–water partition coefficient (Wildman–Crippen LogP) is 3.30. The maximum Gasteiger partial charge on any atom is 0.253 e. The lowest BCUT2D eigenvalue weighted by Crippen LogP contribution is -2.35. The number of carbonyl (C=O) groups excluding carboxylic acids is 1. The van der Waals surface area contributed by atoms with E-state index < -0.39 is 5.60 Å². The van der Waals surface area contributed by atoms with Gasteiger partial charge in [0.25, 0.3) is 5.91 Å². The molecule has 29 heavy (non-hydrogen) atoms. The second-order valence-electron chi connectivity index (χ2n) is 7.90. The summed E-state index contributed by atoms with van der Waals surface area (Å²) < 4.78 is 13.9. The molecule has 2 aromatic carbocycles. The first-order valence-corrected chi connectivity index (χ1v) is 9.92. The quantitative estimate of drug-likeness (QED) is 0.813. The molecule has 1 saturated heterocycles. The fourth-order valence-corrected chi connectivity index (χ4v) is 3.34. The largest absolute Gasteiger partial charge is 0.378 e. The van der Waals surface area contributed by atoms with Crippen molar-refractivity contribution in [3.05, 3.63) is 71.0 Å². The lowest BCUT2D eigenvalue weighted by Gasteiger charge is -2.22. The number of rotatable bonds is 3. The van der Waals surface area contributed by atoms with Crippen molar-refractivity contribution in [2.75, 3.05) is 26.2 Å². The Morgan fingerprint density at radius 1 is 1.10 bits per heavy atom. The molecule has 0 saturated carbocycles. The molecule has 0 spiro atoms. The Bertz CT molecular complexity index is 924. The molecule has 0 atom stereocenters. The summed E-state index contributed by atoms with van der Waals surface area (Å²) in [6, 6.07) is 14.0. The van der Waals surface area contributed by atoms with Crippen molar-refractivity contribution in [1.82, 2.24) is 9.80 Å². The highest BCUT2D eigenvalue weighted by Crippen LogP contribution is 2.15. The molecule has 1 N–H and O–H groups in total. The summed E-state index contributed by atoms with van der Waals surface area (Å²) >= 11 is 0. The molecule has 1 amide bonds. The van der Waals surface area contributed by atoms with E-state index in [9.17, 15) is 14.3 Å². The molecule has 0 bridgehead atoms. The van der Waals surface area contributed by atoms with Crippen molar-refractivity contribution < 1.29 is 14.3 Å². The van der Waals surface area contributed by atoms with Crippen LogP contribution in [0.25, 0.3) is 0 Å². The second-order valence-corrected chi connectivity index (χ2v) is 7.90. The van der Waals surface area contributed by atoms with Gasteiger partial charge in [-0.2, -0.15) is 0 Å². The number of benzene rings is 2. The number of amides is 1. The predicted molar refractivity (Wildman–Crippen MR) is 112 cm³/mol. The number of halogens is 1. The summed E-state index contributed by atoms with van der Waals surface area (Å²) in [5.41, 5.74) is 0.904. The molecule has 1 heterocycles. The summed E-state index contributed by atoms with van der Waals surface area (Å²) in [4.78, 5) is 17.0. The number of hydrogen-bond acceptors (Lipinski definition) is 3. The lowest BCUT2D eigenvalue weighted by molar-refractivity contribution is 0.0761. The molecule has 4 nitrogen and oxygen atoms in total. The molecule has 5 heteroatoms. The minimum absolute atomic E-state index is 0.0235. The highest BCUT2D eigenvalue weighted by molar-refractivity contribution is 5.94. The summed E-state index contributed by atoms with van der Waals surface area (Å²) in [5, 5.41) is 9.76. The van der Waals surface area contributed by atoms with Crippen LogP contribution in [0.15, 0.2) is 48.5 Å². The smallest absolute Gasteiger partial charge is 0.253 e. The van der Waals surface area contributed by atoms with Gasteiger partial charge in [-0.25, -0.2) is 4.39 Å². The number of nitrogens with zero attached hydrogens (tertiary/aromatic N) is 2. The molecule has 1 aliphatic heterocycles. The molecular weight excluding hydrogens is 367 g/mol. The molecule has 152 valence electrons. The minimum Gasteiger partial charge on any atom is -0.378 e. The molecule has 1 aliphatic rings. The maximum absolute atomic E-state index is 13.9. The first-order valence-electron chi connectivity index (χ1n) is 9.92. The second kappa shape index (κ2) is 9.21. The topological polar surface area (TPSA) is 43.8 Å². The van der Waals surface area contributed by atoms with Gasteiger partial charge in [-0.1, -0.05) is 36.1 Å². The Kier molecular flexibility index (Phi) is 6.68. The number of aliphatic hydroxyl groups is 1. The Morgan fingerprint density at radius 2 is 1.90 bits per heavy atom. The number of carbonyl (C=O) groups is 1. The van der Waals surface area contributed by atoms with Gasteiger partial charge in [0.15, 0.2) is 0 Å². The summed E-state index contributed by atoms with van der Waals surface area (Å²) in [5.74, 6) is 5.48. The van der Waals surface area contributed by atoms with Crippen molar-refractivity contribution in [2.45, 2.75) is 32.4 Å². The van der Waals surface area contributed by atoms with Crippen molar-refractivity contribution in [2.24, 2.45) is 0 Å². The Labute approximate surface area is 172 Å². The van der Waals surface area contributed by atoms with Gasteiger partial charge in [0, 0.05) is 49.4 Å². The molecule has 2 aromatic rings. The van der Waals surface area contributed by atoms with E-state index in [4.69, 9.17) is 0 Å². The molecule has 1 fully saturated rings. The lowest BCUT2D eigenvalue weighted by atomic mass is 10.1. The average molecular weight is 394 g/mol. The van der Waals surface area contributed by atoms with Gasteiger partial charge in [0.05, 0.1) is 0 Å². The van der Waals surface area contributed by atoms with Crippen molar-refractivity contribution in [3.8, 4) is 11.8 Å². The molecule has 0 unspecified atom stereocenters. The van der Waals surface area contributed by atoms with Crippen LogP contribution in [0.1, 0.15) is 41.8 Å². The van der Waals surface area contributed by atoms with Crippen LogP contribution in [-0.4, -0.2) is 52.6 Å². The van der Waals surface area contributed by atoms with Crippen molar-refractivity contribution in [3.63, 3.8) is 0 Å². The summed E-state index contributed by atoms with van der Waals surface area (Å²) in [6.07, 6.45) is 0.846. The maximum atomic E-state index is 13.9. The zero-order chi connectivity index (χ0) is 20.9. The minimum atomic E-state index is -1.08. The first-order chi connectivity index (χ1) is 13.8. The molecule has 0 radical (unpaired) electrons. The van der Waals surface area contributed by atoms with Gasteiger partial charge in [0.2, 0.25) is 0 Å². The van der Waals surface area contributed by atoms with Crippen molar-refractivity contribution >= 4 is 5.91 Å². The highest BCUT2D eigenvalue weighted by atomic mass is 19.1. The van der Waals surface area contributed by atoms with Gasteiger partial charge in [-0.15, -0.1) is 0 Å². The van der Waals surface area contributed by atoms with E-state index in [1.165, 1.54) is 6.07 Å². The molecule has 0 aromatic heterocycles. The van der Waals surface area contributed by atoms with Crippen LogP contribution in [0.4, 0.5) is 4.39 Å². The summed E-state index contributed by atoms with van der Waals surface area (Å²) in [7, 11) is 0. The van der Waals surface area contributed by atoms with Crippen LogP contribution in [0, 0.1) is 17.7 Å². The van der Waals surface area contributed by atoms with E-state index in [1.54, 1.807) is 32.0 Å². The van der Waals surface area contributed by atoms with Crippen LogP contribution in [0.2, 0.25) is 0 Å². The van der Waals surface area contributed by atoms with Gasteiger partial charge < -0.3 is 10.0 Å². The first kappa shape index (κ1) is 21.0. The fourth-order valence-electron chi connectivity index (χ4n) is 3.34. The van der Waals surface area contributed by atoms with E-state index in [0.29, 0.717) is 42.9 Å². The summed E-state index contributed by atoms with van der Waals surface area (Å²) in [6.45, 7) is 6.61. The van der Waals surface area contributed by atoms with Gasteiger partial charge in [-0.3, -0.25) is 9.69 Å². The van der Waals surface area contributed by atoms with Gasteiger partial charge >= 0.3 is 0 Å². The zero-order valence-electron chi connectivity index (χ0n) is 17.0. The van der Waals surface area contributed by atoms with Gasteiger partial charge in [-0.05, 0) is 44.5 Å². The van der Waals surface area contributed by atoms with Crippen LogP contribution in [0.3, 0.4) is 0 Å². The van der Waals surface area contributed by atoms with Crippen LogP contribution in [0.5, 0.6) is 0 Å². The Morgan fingerprint density at radius 3 is 2.66 bits per heavy atom. The van der Waals surface area contributed by atoms with E-state index in [0.717, 1.165) is 13.0 Å². The number of hydrogen-bond donors (Lipinski definition) is 1. The monoisotopic (exact) mass is 394 g/mol. The average Bonchev–Trinajstić information content (AvgIpc) is 2.93. The van der Waals surface area contributed by atoms with Crippen molar-refractivity contribution in [1.29, 1.82) is 0 Å². The molecule has 0 aliphatic carbocycles. The Balaban J connectivity index is 1.65. The van der Waals surface area contributed by atoms with Crippen LogP contribution < -0.4 is 0 Å². The van der Waals surface area contributed by atoms with E-state index in [2.05, 4.69) is 16.7 Å². The van der Waals surface area contributed by atoms with Crippen LogP contribution >= 0.6 is 0 Å².